The SMILES string of the molecule is CCC1C(O)CC1c1ccc(C(C)C)cc1. The van der Waals surface area contributed by atoms with Crippen LogP contribution in [0.2, 0.25) is 0 Å². The fourth-order valence-electron chi connectivity index (χ4n) is 2.75. The maximum Gasteiger partial charge on any atom is 0.0580 e. The molecule has 0 aromatic heterocycles. The van der Waals surface area contributed by atoms with Crippen molar-refractivity contribution in [3.63, 3.8) is 0 Å². The first-order chi connectivity index (χ1) is 7.63. The molecule has 1 aromatic carbocycles. The largest absolute Gasteiger partial charge is 0.393 e. The topological polar surface area (TPSA) is 20.2 Å². The number of rotatable bonds is 3. The van der Waals surface area contributed by atoms with Gasteiger partial charge in [0.05, 0.1) is 6.10 Å². The highest BCUT2D eigenvalue weighted by Gasteiger charge is 2.39. The van der Waals surface area contributed by atoms with Gasteiger partial charge in [-0.2, -0.15) is 0 Å². The first-order valence-corrected chi connectivity index (χ1v) is 6.41. The van der Waals surface area contributed by atoms with E-state index in [1.165, 1.54) is 11.1 Å². The Kier molecular flexibility index (Phi) is 3.34. The van der Waals surface area contributed by atoms with Gasteiger partial charge in [0.15, 0.2) is 0 Å². The summed E-state index contributed by atoms with van der Waals surface area (Å²) in [7, 11) is 0. The predicted molar refractivity (Wildman–Crippen MR) is 67.7 cm³/mol. The molecule has 1 aromatic rings. The Balaban J connectivity index is 2.11. The Morgan fingerprint density at radius 3 is 2.31 bits per heavy atom. The highest BCUT2D eigenvalue weighted by atomic mass is 16.3. The summed E-state index contributed by atoms with van der Waals surface area (Å²) in [6.07, 6.45) is 1.96. The Labute approximate surface area is 98.5 Å². The second-order valence-corrected chi connectivity index (χ2v) is 5.30. The lowest BCUT2D eigenvalue weighted by atomic mass is 9.66. The molecule has 88 valence electrons. The van der Waals surface area contributed by atoms with Crippen molar-refractivity contribution in [3.05, 3.63) is 35.4 Å². The molecule has 0 spiro atoms. The molecular weight excluding hydrogens is 196 g/mol. The van der Waals surface area contributed by atoms with Crippen LogP contribution in [-0.4, -0.2) is 11.2 Å². The Hall–Kier alpha value is -0.820. The lowest BCUT2D eigenvalue weighted by Crippen LogP contribution is -2.38. The number of hydrogen-bond donors (Lipinski definition) is 1. The molecule has 1 aliphatic rings. The minimum Gasteiger partial charge on any atom is -0.393 e. The van der Waals surface area contributed by atoms with Crippen molar-refractivity contribution in [1.29, 1.82) is 0 Å². The number of benzene rings is 1. The van der Waals surface area contributed by atoms with Crippen molar-refractivity contribution in [2.24, 2.45) is 5.92 Å². The van der Waals surface area contributed by atoms with Gasteiger partial charge in [-0.25, -0.2) is 0 Å². The standard InChI is InChI=1S/C15H22O/c1-4-13-14(9-15(13)16)12-7-5-11(6-8-12)10(2)3/h5-8,10,13-16H,4,9H2,1-3H3. The van der Waals surface area contributed by atoms with E-state index in [1.807, 2.05) is 0 Å². The zero-order chi connectivity index (χ0) is 11.7. The summed E-state index contributed by atoms with van der Waals surface area (Å²) >= 11 is 0. The minimum atomic E-state index is -0.0697. The van der Waals surface area contributed by atoms with Crippen LogP contribution in [0.25, 0.3) is 0 Å². The summed E-state index contributed by atoms with van der Waals surface area (Å²) < 4.78 is 0. The summed E-state index contributed by atoms with van der Waals surface area (Å²) in [5.74, 6) is 1.66. The van der Waals surface area contributed by atoms with Gasteiger partial charge < -0.3 is 5.11 Å². The minimum absolute atomic E-state index is 0.0697. The van der Waals surface area contributed by atoms with Crippen molar-refractivity contribution in [3.8, 4) is 0 Å². The smallest absolute Gasteiger partial charge is 0.0580 e. The number of aliphatic hydroxyl groups is 1. The zero-order valence-electron chi connectivity index (χ0n) is 10.5. The summed E-state index contributed by atoms with van der Waals surface area (Å²) in [5, 5.41) is 9.68. The second kappa shape index (κ2) is 4.58. The molecule has 2 rings (SSSR count). The van der Waals surface area contributed by atoms with Crippen molar-refractivity contribution >= 4 is 0 Å². The highest BCUT2D eigenvalue weighted by molar-refractivity contribution is 5.29. The van der Waals surface area contributed by atoms with Crippen LogP contribution < -0.4 is 0 Å². The van der Waals surface area contributed by atoms with E-state index >= 15 is 0 Å². The number of hydrogen-bond acceptors (Lipinski definition) is 1. The molecule has 1 fully saturated rings. The predicted octanol–water partition coefficient (Wildman–Crippen LogP) is 3.68. The van der Waals surface area contributed by atoms with Crippen LogP contribution >= 0.6 is 0 Å². The van der Waals surface area contributed by atoms with Crippen LogP contribution in [0, 0.1) is 5.92 Å². The van der Waals surface area contributed by atoms with Crippen LogP contribution in [0.15, 0.2) is 24.3 Å². The van der Waals surface area contributed by atoms with Crippen molar-refractivity contribution < 1.29 is 5.11 Å². The van der Waals surface area contributed by atoms with E-state index in [0.29, 0.717) is 17.8 Å². The normalized spacial score (nSPS) is 29.2. The van der Waals surface area contributed by atoms with Gasteiger partial charge in [-0.15, -0.1) is 0 Å². The molecule has 16 heavy (non-hydrogen) atoms. The first kappa shape index (κ1) is 11.7. The summed E-state index contributed by atoms with van der Waals surface area (Å²) in [6, 6.07) is 8.96. The van der Waals surface area contributed by atoms with Crippen molar-refractivity contribution in [1.82, 2.24) is 0 Å². The van der Waals surface area contributed by atoms with Crippen molar-refractivity contribution in [2.75, 3.05) is 0 Å². The molecule has 1 heteroatoms. The lowest BCUT2D eigenvalue weighted by Gasteiger charge is -2.41. The molecule has 1 aliphatic carbocycles. The lowest BCUT2D eigenvalue weighted by molar-refractivity contribution is -0.000730. The molecule has 3 atom stereocenters. The molecular formula is C15H22O. The molecule has 0 heterocycles. The molecule has 1 saturated carbocycles. The van der Waals surface area contributed by atoms with E-state index in [9.17, 15) is 5.11 Å². The molecule has 0 aliphatic heterocycles. The van der Waals surface area contributed by atoms with Gasteiger partial charge in [-0.05, 0) is 35.3 Å². The third-order valence-corrected chi connectivity index (χ3v) is 4.01. The maximum absolute atomic E-state index is 9.68. The van der Waals surface area contributed by atoms with Gasteiger partial charge in [-0.3, -0.25) is 0 Å². The Bertz CT molecular complexity index is 339. The summed E-state index contributed by atoms with van der Waals surface area (Å²) in [4.78, 5) is 0. The molecule has 1 N–H and O–H groups in total. The monoisotopic (exact) mass is 218 g/mol. The maximum atomic E-state index is 9.68. The van der Waals surface area contributed by atoms with E-state index in [2.05, 4.69) is 45.0 Å². The summed E-state index contributed by atoms with van der Waals surface area (Å²) in [6.45, 7) is 6.61. The van der Waals surface area contributed by atoms with Crippen molar-refractivity contribution in [2.45, 2.75) is 51.6 Å². The van der Waals surface area contributed by atoms with Gasteiger partial charge in [0, 0.05) is 0 Å². The average Bonchev–Trinajstić information content (AvgIpc) is 2.26. The first-order valence-electron chi connectivity index (χ1n) is 6.41. The quantitative estimate of drug-likeness (QED) is 0.820. The van der Waals surface area contributed by atoms with E-state index < -0.39 is 0 Å². The Morgan fingerprint density at radius 1 is 1.25 bits per heavy atom. The molecule has 0 saturated heterocycles. The number of aliphatic hydroxyl groups excluding tert-OH is 1. The molecule has 3 unspecified atom stereocenters. The van der Waals surface area contributed by atoms with Crippen LogP contribution in [0.5, 0.6) is 0 Å². The van der Waals surface area contributed by atoms with E-state index in [-0.39, 0.29) is 6.10 Å². The molecule has 0 amide bonds. The molecule has 1 nitrogen and oxygen atoms in total. The average molecular weight is 218 g/mol. The van der Waals surface area contributed by atoms with Gasteiger partial charge in [0.25, 0.3) is 0 Å². The molecule has 0 radical (unpaired) electrons. The second-order valence-electron chi connectivity index (χ2n) is 5.30. The third-order valence-electron chi connectivity index (χ3n) is 4.01. The van der Waals surface area contributed by atoms with Crippen LogP contribution in [0.4, 0.5) is 0 Å². The van der Waals surface area contributed by atoms with Crippen LogP contribution in [0.3, 0.4) is 0 Å². The van der Waals surface area contributed by atoms with E-state index in [4.69, 9.17) is 0 Å². The van der Waals surface area contributed by atoms with E-state index in [0.717, 1.165) is 12.8 Å². The van der Waals surface area contributed by atoms with Gasteiger partial charge in [-0.1, -0.05) is 51.5 Å². The van der Waals surface area contributed by atoms with Gasteiger partial charge >= 0.3 is 0 Å². The highest BCUT2D eigenvalue weighted by Crippen LogP contribution is 2.44. The fraction of sp³-hybridized carbons (Fsp3) is 0.600. The van der Waals surface area contributed by atoms with Gasteiger partial charge in [0.2, 0.25) is 0 Å². The zero-order valence-corrected chi connectivity index (χ0v) is 10.5. The van der Waals surface area contributed by atoms with E-state index in [1.54, 1.807) is 0 Å². The fourth-order valence-corrected chi connectivity index (χ4v) is 2.75. The van der Waals surface area contributed by atoms with Crippen LogP contribution in [-0.2, 0) is 0 Å². The van der Waals surface area contributed by atoms with Gasteiger partial charge in [0.1, 0.15) is 0 Å². The van der Waals surface area contributed by atoms with Crippen LogP contribution in [0.1, 0.15) is 56.6 Å². The third kappa shape index (κ3) is 2.01. The summed E-state index contributed by atoms with van der Waals surface area (Å²) in [5.41, 5.74) is 2.80. The molecule has 0 bridgehead atoms. The Morgan fingerprint density at radius 2 is 1.88 bits per heavy atom.